The van der Waals surface area contributed by atoms with E-state index in [2.05, 4.69) is 426 Å². The molecule has 2 heterocycles. The largest absolute Gasteiger partial charge is 0.508 e. The number of hydrogen-bond acceptors (Lipinski definition) is 6. The summed E-state index contributed by atoms with van der Waals surface area (Å²) in [5, 5.41) is 9.33. The van der Waals surface area contributed by atoms with Gasteiger partial charge in [-0.1, -0.05) is 508 Å². The predicted molar refractivity (Wildman–Crippen MR) is 636 cm³/mol. The second-order valence-electron chi connectivity index (χ2n) is 51.7. The van der Waals surface area contributed by atoms with Crippen LogP contribution in [0, 0.1) is 83.5 Å². The molecule has 9 aromatic rings. The van der Waals surface area contributed by atoms with Crippen molar-refractivity contribution in [2.45, 2.75) is 449 Å². The molecular formula is C136H221F2N3O3. The number of pyridine rings is 2. The molecule has 3 saturated carbocycles. The number of Topliss-reactive ketones (excluding diaryl/α,β-unsaturated/α-hetero) is 2. The van der Waals surface area contributed by atoms with E-state index >= 15 is 0 Å². The van der Waals surface area contributed by atoms with Crippen LogP contribution in [-0.4, -0.2) is 40.2 Å². The van der Waals surface area contributed by atoms with Crippen LogP contribution in [0.2, 0.25) is 0 Å². The molecule has 3 aliphatic rings. The monoisotopic (exact) mass is 1980 g/mol. The maximum absolute atomic E-state index is 12.9. The number of benzene rings is 7. The first-order valence-electron chi connectivity index (χ1n) is 55.0. The Morgan fingerprint density at radius 2 is 0.722 bits per heavy atom. The van der Waals surface area contributed by atoms with Crippen molar-refractivity contribution in [3.63, 3.8) is 0 Å². The van der Waals surface area contributed by atoms with Crippen LogP contribution in [0.3, 0.4) is 0 Å². The number of nitrogens with zero attached hydrogens (tertiary/aromatic N) is 3. The predicted octanol–water partition coefficient (Wildman–Crippen LogP) is 42.6. The van der Waals surface area contributed by atoms with Gasteiger partial charge in [-0.3, -0.25) is 19.6 Å². The zero-order chi connectivity index (χ0) is 111. The third kappa shape index (κ3) is 58.4. The van der Waals surface area contributed by atoms with E-state index in [4.69, 9.17) is 0 Å². The van der Waals surface area contributed by atoms with Crippen molar-refractivity contribution in [2.75, 3.05) is 18.5 Å². The average molecular weight is 1980 g/mol. The van der Waals surface area contributed by atoms with E-state index in [1.807, 2.05) is 108 Å². The van der Waals surface area contributed by atoms with Crippen molar-refractivity contribution in [3.05, 3.63) is 299 Å². The Balaban J connectivity index is -0.00000150. The van der Waals surface area contributed by atoms with E-state index in [1.165, 1.54) is 96.2 Å². The van der Waals surface area contributed by atoms with Crippen molar-refractivity contribution < 1.29 is 23.5 Å². The second-order valence-corrected chi connectivity index (χ2v) is 51.7. The molecule has 0 aliphatic heterocycles. The lowest BCUT2D eigenvalue weighted by atomic mass is 9.65. The zero-order valence-corrected chi connectivity index (χ0v) is 101. The molecule has 6 nitrogen and oxygen atoms in total. The molecule has 0 radical (unpaired) electrons. The number of phenols is 1. The number of ketones is 2. The highest BCUT2D eigenvalue weighted by Gasteiger charge is 2.37. The van der Waals surface area contributed by atoms with Crippen molar-refractivity contribution in [1.82, 2.24) is 9.97 Å². The molecule has 7 aromatic carbocycles. The Bertz CT molecular complexity index is 4550. The molecular weight excluding hydrogens is 1760 g/mol. The Morgan fingerprint density at radius 1 is 0.361 bits per heavy atom. The normalized spacial score (nSPS) is 15.5. The maximum atomic E-state index is 12.9. The van der Waals surface area contributed by atoms with Gasteiger partial charge in [-0.2, -0.15) is 0 Å². The first-order valence-corrected chi connectivity index (χ1v) is 55.0. The standard InChI is InChI=1S/2C13H20.C12H18FN.C12H17F.C12H18O.2C11H17N.C10H18O.C10H20.C9H16O.2C9H12.2C2H6.CH4/c1-12(2,3)13(4,5)11-9-7-6-8-10-11;1-5-12(13(2,3)4)11-9-7-6-8-10-11;1-12(2,3)9-14(4)11-7-5-6-10(13)8-11;2*1-9(12(2,3)4)10-6-5-7-11(13)8-10;1-9(11(2,3)4)10-6-5-7-12-8-10;1-9(11(2,3)4)10-7-5-6-8-12-10;1-10(2,3)8-6-4-5-7-9(8)11;1-10(2,3)9-7-5-4-6-8-9;1-9(2,3)7-5-4-6-8(7)10;2*1-8(2)9-6-4-3-5-7-9;2*1-2;/h6-10H,1-5H3;6-10,12H,5H2,1-4H3;5-8H,9H2,1-4H3;5-9H,1-4H3;5-9,13H,1-4H3;2*5-9H,1-4H3;8H,4-7H2,1-3H3;9H,4-8H2,1-3H3;7H,4-6H2,1-3H3;2*3-8H,1-2H3;2*1-2H3;1H4. The highest BCUT2D eigenvalue weighted by Crippen LogP contribution is 2.44. The van der Waals surface area contributed by atoms with E-state index in [0.29, 0.717) is 97.7 Å². The van der Waals surface area contributed by atoms with E-state index in [1.54, 1.807) is 30.3 Å². The van der Waals surface area contributed by atoms with E-state index in [9.17, 15) is 23.5 Å². The summed E-state index contributed by atoms with van der Waals surface area (Å²) >= 11 is 0. The maximum Gasteiger partial charge on any atom is 0.136 e. The Labute approximate surface area is 889 Å². The third-order valence-electron chi connectivity index (χ3n) is 28.9. The van der Waals surface area contributed by atoms with Crippen LogP contribution in [0.15, 0.2) is 243 Å². The molecule has 1 N–H and O–H groups in total. The molecule has 7 atom stereocenters. The number of phenolic OH excluding ortho intramolecular Hbond substituents is 1. The quantitative estimate of drug-likeness (QED) is 0.139. The lowest BCUT2D eigenvalue weighted by Crippen LogP contribution is -2.33. The fourth-order valence-corrected chi connectivity index (χ4v) is 16.9. The fraction of sp³-hybridized carbons (Fsp3) is 0.603. The summed E-state index contributed by atoms with van der Waals surface area (Å²) in [5.74, 6) is 6.57. The summed E-state index contributed by atoms with van der Waals surface area (Å²) in [5.41, 5.74) is 14.6. The van der Waals surface area contributed by atoms with Crippen LogP contribution >= 0.6 is 0 Å². The summed E-state index contributed by atoms with van der Waals surface area (Å²) in [4.78, 5) is 33.2. The smallest absolute Gasteiger partial charge is 0.136 e. The minimum atomic E-state index is -0.178. The van der Waals surface area contributed by atoms with Gasteiger partial charge < -0.3 is 10.0 Å². The first kappa shape index (κ1) is 140. The molecule has 3 aliphatic carbocycles. The van der Waals surface area contributed by atoms with Crippen molar-refractivity contribution in [2.24, 2.45) is 71.9 Å². The van der Waals surface area contributed by atoms with Gasteiger partial charge in [0.2, 0.25) is 0 Å². The molecule has 0 saturated heterocycles. The lowest BCUT2D eigenvalue weighted by molar-refractivity contribution is -0.128. The lowest BCUT2D eigenvalue weighted by Gasteiger charge is -2.39. The van der Waals surface area contributed by atoms with Gasteiger partial charge in [0, 0.05) is 74.2 Å². The van der Waals surface area contributed by atoms with Gasteiger partial charge >= 0.3 is 0 Å². The number of hydrogen-bond donors (Lipinski definition) is 1. The van der Waals surface area contributed by atoms with Gasteiger partial charge in [0.15, 0.2) is 0 Å². The van der Waals surface area contributed by atoms with Gasteiger partial charge in [-0.05, 0) is 246 Å². The molecule has 3 fully saturated rings. The van der Waals surface area contributed by atoms with Gasteiger partial charge in [-0.15, -0.1) is 0 Å². The molecule has 8 heteroatoms. The highest BCUT2D eigenvalue weighted by atomic mass is 19.1. The summed E-state index contributed by atoms with van der Waals surface area (Å²) in [6.07, 6.45) is 21.6. The molecule has 0 spiro atoms. The van der Waals surface area contributed by atoms with Gasteiger partial charge in [0.25, 0.3) is 0 Å². The first-order chi connectivity index (χ1) is 65.9. The van der Waals surface area contributed by atoms with Crippen molar-refractivity contribution >= 4 is 17.3 Å². The number of anilines is 1. The Morgan fingerprint density at radius 3 is 1.03 bits per heavy atom. The molecule has 0 bridgehead atoms. The number of aromatic nitrogens is 2. The number of carbonyl (C=O) groups excluding carboxylic acids is 2. The summed E-state index contributed by atoms with van der Waals surface area (Å²) in [6.45, 7) is 100. The van der Waals surface area contributed by atoms with Crippen molar-refractivity contribution in [1.29, 1.82) is 0 Å². The van der Waals surface area contributed by atoms with Crippen LogP contribution in [0.5, 0.6) is 5.75 Å². The van der Waals surface area contributed by atoms with E-state index < -0.39 is 0 Å². The summed E-state index contributed by atoms with van der Waals surface area (Å²) in [7, 11) is 1.99. The van der Waals surface area contributed by atoms with E-state index in [0.717, 1.165) is 62.2 Å². The van der Waals surface area contributed by atoms with Gasteiger partial charge in [0.1, 0.15) is 29.0 Å². The third-order valence-corrected chi connectivity index (χ3v) is 28.9. The Kier molecular flexibility index (Phi) is 65.6. The second kappa shape index (κ2) is 67.6. The van der Waals surface area contributed by atoms with Crippen LogP contribution in [-0.2, 0) is 15.0 Å². The van der Waals surface area contributed by atoms with Gasteiger partial charge in [0.05, 0.1) is 0 Å². The van der Waals surface area contributed by atoms with E-state index in [-0.39, 0.29) is 51.6 Å². The number of halogens is 2. The minimum absolute atomic E-state index is 0. The number of rotatable bonds is 11. The van der Waals surface area contributed by atoms with Crippen LogP contribution in [0.4, 0.5) is 14.5 Å². The van der Waals surface area contributed by atoms with Gasteiger partial charge in [-0.25, -0.2) is 8.78 Å². The molecule has 2 aromatic heterocycles. The zero-order valence-electron chi connectivity index (χ0n) is 101. The summed E-state index contributed by atoms with van der Waals surface area (Å²) < 4.78 is 25.8. The SMILES string of the molecule is C.CC.CC.CC(C)(C)C(C)(C)c1ccccc1.CC(C)(C)C1CCCC1=O.CC(C)(C)C1CCCCC1.CC(C)(C)C1CCCCC1=O.CC(C)c1ccccc1.CC(C)c1ccccc1.CC(c1cccc(F)c1)C(C)(C)C.CC(c1cccc(O)c1)C(C)(C)C.CC(c1ccccn1)C(C)(C)C.CC(c1cccnc1)C(C)(C)C.CCC(c1ccccc1)C(C)(C)C.CN(CC(C)(C)C)c1cccc(F)c1. The fourth-order valence-electron chi connectivity index (χ4n) is 16.9. The molecule has 812 valence electrons. The molecule has 0 amide bonds. The van der Waals surface area contributed by atoms with Crippen LogP contribution in [0.1, 0.15) is 489 Å². The highest BCUT2D eigenvalue weighted by molar-refractivity contribution is 5.83. The van der Waals surface area contributed by atoms with Crippen LogP contribution < -0.4 is 4.90 Å². The van der Waals surface area contributed by atoms with Crippen molar-refractivity contribution in [3.8, 4) is 5.75 Å². The van der Waals surface area contributed by atoms with Crippen LogP contribution in [0.25, 0.3) is 0 Å². The average Bonchev–Trinajstić information content (AvgIpc) is 0.992. The minimum Gasteiger partial charge on any atom is -0.508 e. The Hall–Kier alpha value is -8.36. The molecule has 12 rings (SSSR count). The number of aromatic hydroxyl groups is 1. The summed E-state index contributed by atoms with van der Waals surface area (Å²) in [6, 6.07) is 73.9. The molecule has 7 unspecified atom stereocenters. The molecule has 144 heavy (non-hydrogen) atoms. The topological polar surface area (TPSA) is 83.4 Å². The number of carbonyl (C=O) groups is 2.